The molecule has 0 saturated heterocycles. The van der Waals surface area contributed by atoms with E-state index in [0.29, 0.717) is 35.1 Å². The smallest absolute Gasteiger partial charge is 0.432 e. The molecule has 10 heteroatoms. The Kier molecular flexibility index (Phi) is 6.83. The number of carbonyl (C=O) groups is 1. The number of ether oxygens (including phenoxy) is 1. The molecule has 2 aromatic heterocycles. The van der Waals surface area contributed by atoms with Crippen LogP contribution in [0.25, 0.3) is 11.5 Å². The zero-order valence-corrected chi connectivity index (χ0v) is 18.3. The number of nitrogens with one attached hydrogen (secondary N) is 2. The molecule has 2 N–H and O–H groups in total. The molecule has 4 aromatic rings. The first kappa shape index (κ1) is 23.3. The molecule has 0 saturated carbocycles. The molecule has 0 aliphatic rings. The Morgan fingerprint density at radius 3 is 2.59 bits per heavy atom. The average Bonchev–Trinajstić information content (AvgIpc) is 3.31. The van der Waals surface area contributed by atoms with Gasteiger partial charge in [-0.05, 0) is 48.4 Å². The number of alkyl halides is 3. The number of halogens is 4. The summed E-state index contributed by atoms with van der Waals surface area (Å²) < 4.78 is 44.3. The van der Waals surface area contributed by atoms with Crippen LogP contribution in [0.5, 0.6) is 11.5 Å². The molecule has 34 heavy (non-hydrogen) atoms. The summed E-state index contributed by atoms with van der Waals surface area (Å²) in [5, 5.41) is 3.34. The first-order chi connectivity index (χ1) is 16.3. The minimum absolute atomic E-state index is 0.0121. The van der Waals surface area contributed by atoms with E-state index in [4.69, 9.17) is 16.3 Å². The van der Waals surface area contributed by atoms with Crippen molar-refractivity contribution < 1.29 is 22.7 Å². The fourth-order valence-corrected chi connectivity index (χ4v) is 3.34. The second-order valence-electron chi connectivity index (χ2n) is 7.29. The number of hydrogen-bond donors (Lipinski definition) is 2. The zero-order valence-electron chi connectivity index (χ0n) is 17.6. The number of H-pyrrole nitrogens is 1. The van der Waals surface area contributed by atoms with Gasteiger partial charge in [0.25, 0.3) is 5.91 Å². The van der Waals surface area contributed by atoms with Crippen LogP contribution in [-0.4, -0.2) is 27.4 Å². The fourth-order valence-electron chi connectivity index (χ4n) is 3.15. The molecule has 0 spiro atoms. The van der Waals surface area contributed by atoms with Crippen LogP contribution in [0.2, 0.25) is 5.02 Å². The maximum Gasteiger partial charge on any atom is 0.432 e. The molecule has 0 aliphatic carbocycles. The number of aromatic nitrogens is 3. The van der Waals surface area contributed by atoms with Crippen molar-refractivity contribution in [3.8, 4) is 23.0 Å². The molecular formula is C24H18ClF3N4O2. The third kappa shape index (κ3) is 5.93. The van der Waals surface area contributed by atoms with Gasteiger partial charge in [0.2, 0.25) is 0 Å². The summed E-state index contributed by atoms with van der Waals surface area (Å²) >= 11 is 5.92. The maximum absolute atomic E-state index is 12.8. The third-order valence-electron chi connectivity index (χ3n) is 4.78. The number of rotatable bonds is 7. The molecule has 2 aromatic carbocycles. The summed E-state index contributed by atoms with van der Waals surface area (Å²) in [4.78, 5) is 22.3. The molecule has 0 radical (unpaired) electrons. The minimum atomic E-state index is -4.52. The number of pyridine rings is 1. The number of benzene rings is 2. The van der Waals surface area contributed by atoms with Gasteiger partial charge in [-0.3, -0.25) is 9.78 Å². The van der Waals surface area contributed by atoms with E-state index in [1.807, 2.05) is 18.2 Å². The SMILES string of the molecule is O=C(NCCc1cccc(Oc2ccnc(-c3ncc(C(F)(F)F)[nH]3)c2)c1)c1cccc(Cl)c1. The van der Waals surface area contributed by atoms with Crippen molar-refractivity contribution >= 4 is 17.5 Å². The highest BCUT2D eigenvalue weighted by Gasteiger charge is 2.33. The van der Waals surface area contributed by atoms with Crippen molar-refractivity contribution in [3.05, 3.63) is 94.9 Å². The van der Waals surface area contributed by atoms with Crippen LogP contribution >= 0.6 is 11.6 Å². The van der Waals surface area contributed by atoms with Gasteiger partial charge >= 0.3 is 6.18 Å². The average molecular weight is 487 g/mol. The third-order valence-corrected chi connectivity index (χ3v) is 5.01. The van der Waals surface area contributed by atoms with E-state index in [0.717, 1.165) is 11.8 Å². The van der Waals surface area contributed by atoms with Crippen LogP contribution < -0.4 is 10.1 Å². The molecule has 0 bridgehead atoms. The highest BCUT2D eigenvalue weighted by Crippen LogP contribution is 2.30. The monoisotopic (exact) mass is 486 g/mol. The lowest BCUT2D eigenvalue weighted by molar-refractivity contribution is -0.140. The highest BCUT2D eigenvalue weighted by atomic mass is 35.5. The van der Waals surface area contributed by atoms with Crippen molar-refractivity contribution in [2.75, 3.05) is 6.54 Å². The molecule has 2 heterocycles. The van der Waals surface area contributed by atoms with Crippen LogP contribution in [-0.2, 0) is 12.6 Å². The maximum atomic E-state index is 12.8. The summed E-state index contributed by atoms with van der Waals surface area (Å²) in [6.45, 7) is 0.411. The van der Waals surface area contributed by atoms with E-state index in [-0.39, 0.29) is 17.4 Å². The van der Waals surface area contributed by atoms with Crippen molar-refractivity contribution in [2.24, 2.45) is 0 Å². The molecule has 0 fully saturated rings. The second kappa shape index (κ2) is 9.96. The molecule has 4 rings (SSSR count). The summed E-state index contributed by atoms with van der Waals surface area (Å²) in [6.07, 6.45) is -1.81. The number of amides is 1. The van der Waals surface area contributed by atoms with Gasteiger partial charge in [-0.25, -0.2) is 4.98 Å². The summed E-state index contributed by atoms with van der Waals surface area (Å²) in [7, 11) is 0. The first-order valence-corrected chi connectivity index (χ1v) is 10.5. The van der Waals surface area contributed by atoms with Gasteiger partial charge in [0.1, 0.15) is 22.9 Å². The van der Waals surface area contributed by atoms with E-state index < -0.39 is 11.9 Å². The quantitative estimate of drug-likeness (QED) is 0.340. The van der Waals surface area contributed by atoms with Crippen LogP contribution in [0.1, 0.15) is 21.6 Å². The Bertz CT molecular complexity index is 1310. The van der Waals surface area contributed by atoms with Crippen molar-refractivity contribution in [3.63, 3.8) is 0 Å². The molecule has 0 aliphatic heterocycles. The van der Waals surface area contributed by atoms with Crippen LogP contribution in [0.15, 0.2) is 73.1 Å². The topological polar surface area (TPSA) is 79.9 Å². The normalized spacial score (nSPS) is 11.3. The predicted octanol–water partition coefficient (Wildman–Crippen LogP) is 5.91. The van der Waals surface area contributed by atoms with E-state index in [9.17, 15) is 18.0 Å². The van der Waals surface area contributed by atoms with Gasteiger partial charge in [0.15, 0.2) is 5.82 Å². The molecule has 0 atom stereocenters. The Morgan fingerprint density at radius 2 is 1.82 bits per heavy atom. The van der Waals surface area contributed by atoms with Gasteiger partial charge in [-0.2, -0.15) is 13.2 Å². The molecule has 174 valence electrons. The molecule has 1 amide bonds. The first-order valence-electron chi connectivity index (χ1n) is 10.2. The Labute approximate surface area is 197 Å². The fraction of sp³-hybridized carbons (Fsp3) is 0.125. The van der Waals surface area contributed by atoms with Crippen molar-refractivity contribution in [2.45, 2.75) is 12.6 Å². The van der Waals surface area contributed by atoms with Gasteiger partial charge < -0.3 is 15.0 Å². The van der Waals surface area contributed by atoms with Crippen LogP contribution in [0.3, 0.4) is 0 Å². The second-order valence-corrected chi connectivity index (χ2v) is 7.72. The largest absolute Gasteiger partial charge is 0.457 e. The molecular weight excluding hydrogens is 469 g/mol. The molecule has 0 unspecified atom stereocenters. The molecule has 6 nitrogen and oxygen atoms in total. The van der Waals surface area contributed by atoms with E-state index in [2.05, 4.69) is 20.3 Å². The summed E-state index contributed by atoms with van der Waals surface area (Å²) in [5.74, 6) is 0.695. The highest BCUT2D eigenvalue weighted by molar-refractivity contribution is 6.30. The van der Waals surface area contributed by atoms with Gasteiger partial charge in [-0.1, -0.05) is 29.8 Å². The zero-order chi connectivity index (χ0) is 24.1. The number of aromatic amines is 1. The number of nitrogens with zero attached hydrogens (tertiary/aromatic N) is 2. The standard InChI is InChI=1S/C24H18ClF3N4O2/c25-17-5-2-4-16(12-17)23(33)30-9-7-15-3-1-6-18(11-15)34-19-8-10-29-20(13-19)22-31-14-21(32-22)24(26,27)28/h1-6,8,10-14H,7,9H2,(H,30,33)(H,31,32). The van der Waals surface area contributed by atoms with E-state index in [1.165, 1.54) is 12.3 Å². The van der Waals surface area contributed by atoms with Gasteiger partial charge in [0.05, 0.1) is 6.20 Å². The predicted molar refractivity (Wildman–Crippen MR) is 121 cm³/mol. The van der Waals surface area contributed by atoms with Crippen molar-refractivity contribution in [1.29, 1.82) is 0 Å². The van der Waals surface area contributed by atoms with E-state index >= 15 is 0 Å². The van der Waals surface area contributed by atoms with E-state index in [1.54, 1.807) is 36.4 Å². The number of carbonyl (C=O) groups excluding carboxylic acids is 1. The summed E-state index contributed by atoms with van der Waals surface area (Å²) in [5.41, 5.74) is 0.676. The summed E-state index contributed by atoms with van der Waals surface area (Å²) in [6, 6.07) is 17.1. The lowest BCUT2D eigenvalue weighted by atomic mass is 10.1. The lowest BCUT2D eigenvalue weighted by Gasteiger charge is -2.09. The van der Waals surface area contributed by atoms with Crippen LogP contribution in [0, 0.1) is 0 Å². The Balaban J connectivity index is 1.38. The number of hydrogen-bond acceptors (Lipinski definition) is 4. The Hall–Kier alpha value is -3.85. The minimum Gasteiger partial charge on any atom is -0.457 e. The van der Waals surface area contributed by atoms with Crippen molar-refractivity contribution in [1.82, 2.24) is 20.3 Å². The van der Waals surface area contributed by atoms with Gasteiger partial charge in [-0.15, -0.1) is 0 Å². The lowest BCUT2D eigenvalue weighted by Crippen LogP contribution is -2.25. The Morgan fingerprint density at radius 1 is 1.03 bits per heavy atom. The number of imidazole rings is 1. The van der Waals surface area contributed by atoms with Gasteiger partial charge in [0, 0.05) is 29.4 Å². The van der Waals surface area contributed by atoms with Crippen LogP contribution in [0.4, 0.5) is 13.2 Å².